The van der Waals surface area contributed by atoms with E-state index in [-0.39, 0.29) is 36.4 Å². The molecule has 0 atom stereocenters. The van der Waals surface area contributed by atoms with Crippen molar-refractivity contribution in [2.75, 3.05) is 13.1 Å². The van der Waals surface area contributed by atoms with Crippen molar-refractivity contribution < 1.29 is 26.9 Å². The van der Waals surface area contributed by atoms with Gasteiger partial charge >= 0.3 is 5.97 Å². The molecule has 0 aliphatic carbocycles. The minimum Gasteiger partial charge on any atom is -0.455 e. The number of nitrogens with zero attached hydrogens (tertiary/aromatic N) is 3. The molecule has 28 heavy (non-hydrogen) atoms. The summed E-state index contributed by atoms with van der Waals surface area (Å²) in [4.78, 5) is 16.4. The van der Waals surface area contributed by atoms with Crippen LogP contribution in [0.2, 0.25) is 0 Å². The monoisotopic (exact) mass is 411 g/mol. The predicted molar refractivity (Wildman–Crippen MR) is 96.1 cm³/mol. The van der Waals surface area contributed by atoms with E-state index in [1.807, 2.05) is 13.8 Å². The molecule has 0 unspecified atom stereocenters. The van der Waals surface area contributed by atoms with Crippen molar-refractivity contribution in [3.63, 3.8) is 0 Å². The average molecular weight is 411 g/mol. The Kier molecular flexibility index (Phi) is 6.09. The highest BCUT2D eigenvalue weighted by Crippen LogP contribution is 2.25. The van der Waals surface area contributed by atoms with Gasteiger partial charge < -0.3 is 9.26 Å². The normalized spacial score (nSPS) is 16.4. The summed E-state index contributed by atoms with van der Waals surface area (Å²) < 4.78 is 49.8. The molecular formula is C18H22FN3O5S. The van der Waals surface area contributed by atoms with Gasteiger partial charge in [-0.3, -0.25) is 4.79 Å². The topological polar surface area (TPSA) is 103 Å². The molecule has 1 aliphatic rings. The minimum absolute atomic E-state index is 0.0345. The summed E-state index contributed by atoms with van der Waals surface area (Å²) in [5, 5.41) is 3.80. The maximum atomic E-state index is 13.0. The zero-order valence-corrected chi connectivity index (χ0v) is 16.5. The predicted octanol–water partition coefficient (Wildman–Crippen LogP) is 2.48. The molecular weight excluding hydrogens is 389 g/mol. The Hall–Kier alpha value is -2.33. The zero-order chi connectivity index (χ0) is 20.3. The molecule has 152 valence electrons. The number of hydrogen-bond donors (Lipinski definition) is 0. The van der Waals surface area contributed by atoms with E-state index < -0.39 is 27.7 Å². The number of sulfonamides is 1. The van der Waals surface area contributed by atoms with Crippen LogP contribution in [0, 0.1) is 11.7 Å². The molecule has 8 nitrogen and oxygen atoms in total. The summed E-state index contributed by atoms with van der Waals surface area (Å²) in [6, 6.07) is 4.69. The lowest BCUT2D eigenvalue weighted by Gasteiger charge is -2.30. The van der Waals surface area contributed by atoms with Crippen molar-refractivity contribution >= 4 is 16.0 Å². The first-order chi connectivity index (χ1) is 13.3. The van der Waals surface area contributed by atoms with Crippen LogP contribution >= 0.6 is 0 Å². The number of hydrogen-bond acceptors (Lipinski definition) is 7. The van der Waals surface area contributed by atoms with E-state index in [4.69, 9.17) is 9.26 Å². The summed E-state index contributed by atoms with van der Waals surface area (Å²) in [6.07, 6.45) is 0.695. The molecule has 0 bridgehead atoms. The number of ether oxygens (including phenoxy) is 1. The maximum absolute atomic E-state index is 13.0. The third-order valence-electron chi connectivity index (χ3n) is 4.58. The Morgan fingerprint density at radius 2 is 1.93 bits per heavy atom. The standard InChI is InChI=1S/C18H22FN3O5S/c1-12(2)17-20-16(27-21-17)11-26-18(23)13-7-9-22(10-8-13)28(24,25)15-5-3-14(19)4-6-15/h3-6,12-13H,7-11H2,1-2H3. The van der Waals surface area contributed by atoms with Gasteiger partial charge in [-0.25, -0.2) is 12.8 Å². The molecule has 0 saturated carbocycles. The highest BCUT2D eigenvalue weighted by atomic mass is 32.2. The van der Waals surface area contributed by atoms with Crippen molar-refractivity contribution in [3.8, 4) is 0 Å². The second kappa shape index (κ2) is 8.36. The lowest BCUT2D eigenvalue weighted by Crippen LogP contribution is -2.40. The number of halogens is 1. The third kappa shape index (κ3) is 4.56. The van der Waals surface area contributed by atoms with Gasteiger partial charge in [-0.2, -0.15) is 9.29 Å². The van der Waals surface area contributed by atoms with Gasteiger partial charge in [0.25, 0.3) is 5.89 Å². The van der Waals surface area contributed by atoms with E-state index in [2.05, 4.69) is 10.1 Å². The summed E-state index contributed by atoms with van der Waals surface area (Å²) in [5.41, 5.74) is 0. The smallest absolute Gasteiger partial charge is 0.309 e. The minimum atomic E-state index is -3.71. The van der Waals surface area contributed by atoms with Crippen LogP contribution in [0.15, 0.2) is 33.7 Å². The Balaban J connectivity index is 1.52. The van der Waals surface area contributed by atoms with E-state index in [1.165, 1.54) is 16.4 Å². The van der Waals surface area contributed by atoms with E-state index >= 15 is 0 Å². The molecule has 1 aromatic heterocycles. The van der Waals surface area contributed by atoms with Gasteiger partial charge in [-0.1, -0.05) is 19.0 Å². The van der Waals surface area contributed by atoms with E-state index in [1.54, 1.807) is 0 Å². The first-order valence-corrected chi connectivity index (χ1v) is 10.5. The van der Waals surface area contributed by atoms with Crippen molar-refractivity contribution in [2.24, 2.45) is 5.92 Å². The van der Waals surface area contributed by atoms with Crippen molar-refractivity contribution in [2.45, 2.75) is 44.1 Å². The second-order valence-electron chi connectivity index (χ2n) is 6.94. The van der Waals surface area contributed by atoms with Gasteiger partial charge in [-0.15, -0.1) is 0 Å². The molecule has 2 aromatic rings. The van der Waals surface area contributed by atoms with Gasteiger partial charge in [0.2, 0.25) is 10.0 Å². The van der Waals surface area contributed by atoms with Crippen LogP contribution in [0.25, 0.3) is 0 Å². The van der Waals surface area contributed by atoms with Gasteiger partial charge in [-0.05, 0) is 37.1 Å². The van der Waals surface area contributed by atoms with Crippen molar-refractivity contribution in [3.05, 3.63) is 41.8 Å². The number of esters is 1. The molecule has 1 aromatic carbocycles. The fraction of sp³-hybridized carbons (Fsp3) is 0.500. The van der Waals surface area contributed by atoms with Gasteiger partial charge in [0.15, 0.2) is 12.4 Å². The van der Waals surface area contributed by atoms with Crippen LogP contribution in [-0.4, -0.2) is 41.9 Å². The van der Waals surface area contributed by atoms with Crippen LogP contribution in [-0.2, 0) is 26.2 Å². The highest BCUT2D eigenvalue weighted by molar-refractivity contribution is 7.89. The third-order valence-corrected chi connectivity index (χ3v) is 6.49. The zero-order valence-electron chi connectivity index (χ0n) is 15.7. The number of piperidine rings is 1. The van der Waals surface area contributed by atoms with Crippen LogP contribution in [0.5, 0.6) is 0 Å². The van der Waals surface area contributed by atoms with Crippen LogP contribution < -0.4 is 0 Å². The van der Waals surface area contributed by atoms with E-state index in [9.17, 15) is 17.6 Å². The quantitative estimate of drug-likeness (QED) is 0.673. The van der Waals surface area contributed by atoms with Gasteiger partial charge in [0, 0.05) is 19.0 Å². The van der Waals surface area contributed by atoms with Gasteiger partial charge in [0.1, 0.15) is 5.82 Å². The summed E-state index contributed by atoms with van der Waals surface area (Å²) in [5.74, 6) is -0.420. The lowest BCUT2D eigenvalue weighted by molar-refractivity contribution is -0.152. The fourth-order valence-electron chi connectivity index (χ4n) is 2.90. The number of benzene rings is 1. The maximum Gasteiger partial charge on any atom is 0.309 e. The summed E-state index contributed by atoms with van der Waals surface area (Å²) in [6.45, 7) is 4.13. The van der Waals surface area contributed by atoms with Crippen molar-refractivity contribution in [1.29, 1.82) is 0 Å². The summed E-state index contributed by atoms with van der Waals surface area (Å²) >= 11 is 0. The molecule has 0 radical (unpaired) electrons. The molecule has 1 saturated heterocycles. The molecule has 0 N–H and O–H groups in total. The molecule has 2 heterocycles. The van der Waals surface area contributed by atoms with E-state index in [0.717, 1.165) is 12.1 Å². The number of carbonyl (C=O) groups excluding carboxylic acids is 1. The molecule has 0 amide bonds. The highest BCUT2D eigenvalue weighted by Gasteiger charge is 2.33. The Labute approximate surface area is 162 Å². The Morgan fingerprint density at radius 3 is 2.50 bits per heavy atom. The second-order valence-corrected chi connectivity index (χ2v) is 8.88. The SMILES string of the molecule is CC(C)c1noc(COC(=O)C2CCN(S(=O)(=O)c3ccc(F)cc3)CC2)n1. The molecule has 10 heteroatoms. The van der Waals surface area contributed by atoms with E-state index in [0.29, 0.717) is 18.7 Å². The first kappa shape index (κ1) is 20.4. The molecule has 3 rings (SSSR count). The molecule has 0 spiro atoms. The summed E-state index contributed by atoms with van der Waals surface area (Å²) in [7, 11) is -3.71. The first-order valence-electron chi connectivity index (χ1n) is 9.02. The lowest BCUT2D eigenvalue weighted by atomic mass is 9.98. The largest absolute Gasteiger partial charge is 0.455 e. The Morgan fingerprint density at radius 1 is 1.29 bits per heavy atom. The number of aromatic nitrogens is 2. The van der Waals surface area contributed by atoms with Crippen molar-refractivity contribution in [1.82, 2.24) is 14.4 Å². The van der Waals surface area contributed by atoms with Crippen LogP contribution in [0.4, 0.5) is 4.39 Å². The number of carbonyl (C=O) groups is 1. The average Bonchev–Trinajstić information content (AvgIpc) is 3.16. The van der Waals surface area contributed by atoms with Gasteiger partial charge in [0.05, 0.1) is 10.8 Å². The fourth-order valence-corrected chi connectivity index (χ4v) is 4.37. The molecule has 1 aliphatic heterocycles. The van der Waals surface area contributed by atoms with Crippen LogP contribution in [0.3, 0.4) is 0 Å². The number of rotatable bonds is 6. The molecule has 1 fully saturated rings. The Bertz CT molecular complexity index is 919. The van der Waals surface area contributed by atoms with Crippen LogP contribution in [0.1, 0.15) is 44.3 Å².